The van der Waals surface area contributed by atoms with Gasteiger partial charge in [-0.3, -0.25) is 14.5 Å². The second-order valence-electron chi connectivity index (χ2n) is 6.36. The molecule has 2 fully saturated rings. The Labute approximate surface area is 144 Å². The number of carbonyl (C=O) groups is 2. The van der Waals surface area contributed by atoms with Gasteiger partial charge in [0.15, 0.2) is 0 Å². The van der Waals surface area contributed by atoms with Crippen LogP contribution < -0.4 is 0 Å². The minimum absolute atomic E-state index is 0.0897. The van der Waals surface area contributed by atoms with Gasteiger partial charge < -0.3 is 14.5 Å². The molecule has 6 heteroatoms. The zero-order valence-corrected chi connectivity index (χ0v) is 14.5. The van der Waals surface area contributed by atoms with Crippen LogP contribution in [-0.2, 0) is 14.3 Å². The van der Waals surface area contributed by atoms with E-state index in [-0.39, 0.29) is 17.7 Å². The number of hydrogen-bond donors (Lipinski definition) is 0. The molecule has 0 radical (unpaired) electrons. The fourth-order valence-corrected chi connectivity index (χ4v) is 3.26. The lowest BCUT2D eigenvalue weighted by molar-refractivity contribution is -0.141. The van der Waals surface area contributed by atoms with Gasteiger partial charge in [0.2, 0.25) is 11.8 Å². The number of hydrogen-bond acceptors (Lipinski definition) is 4. The number of piperidine rings is 1. The molecule has 0 aromatic heterocycles. The monoisotopic (exact) mass is 335 g/mol. The third-order valence-electron chi connectivity index (χ3n) is 4.67. The maximum absolute atomic E-state index is 12.5. The summed E-state index contributed by atoms with van der Waals surface area (Å²) < 4.78 is 5.30. The van der Waals surface area contributed by atoms with E-state index < -0.39 is 0 Å². The summed E-state index contributed by atoms with van der Waals surface area (Å²) in [5.41, 5.74) is 0. The fourth-order valence-electron chi connectivity index (χ4n) is 3.26. The van der Waals surface area contributed by atoms with Crippen LogP contribution in [0.1, 0.15) is 12.8 Å². The summed E-state index contributed by atoms with van der Waals surface area (Å²) in [5, 5.41) is 0. The van der Waals surface area contributed by atoms with E-state index in [1.54, 1.807) is 17.1 Å². The Morgan fingerprint density at radius 1 is 1.04 bits per heavy atom. The molecule has 2 rings (SSSR count). The van der Waals surface area contributed by atoms with Gasteiger partial charge in [0.05, 0.1) is 19.8 Å². The molecule has 0 atom stereocenters. The van der Waals surface area contributed by atoms with Gasteiger partial charge in [-0.15, -0.1) is 13.2 Å². The Morgan fingerprint density at radius 3 is 2.17 bits per heavy atom. The lowest BCUT2D eigenvalue weighted by Gasteiger charge is -2.35. The molecule has 2 aliphatic rings. The topological polar surface area (TPSA) is 53.1 Å². The summed E-state index contributed by atoms with van der Waals surface area (Å²) in [6, 6.07) is 0. The Morgan fingerprint density at radius 2 is 1.62 bits per heavy atom. The molecule has 24 heavy (non-hydrogen) atoms. The van der Waals surface area contributed by atoms with Crippen molar-refractivity contribution in [3.63, 3.8) is 0 Å². The molecule has 0 aromatic carbocycles. The highest BCUT2D eigenvalue weighted by molar-refractivity contribution is 5.80. The zero-order chi connectivity index (χ0) is 17.4. The van der Waals surface area contributed by atoms with Crippen LogP contribution in [0.2, 0.25) is 0 Å². The van der Waals surface area contributed by atoms with E-state index in [4.69, 9.17) is 4.74 Å². The first kappa shape index (κ1) is 18.7. The molecular formula is C18H29N3O3. The Kier molecular flexibility index (Phi) is 7.46. The van der Waals surface area contributed by atoms with E-state index in [1.165, 1.54) is 0 Å². The van der Waals surface area contributed by atoms with E-state index in [0.29, 0.717) is 45.9 Å². The molecule has 0 unspecified atom stereocenters. The summed E-state index contributed by atoms with van der Waals surface area (Å²) in [4.78, 5) is 30.7. The lowest BCUT2D eigenvalue weighted by atomic mass is 9.95. The van der Waals surface area contributed by atoms with Gasteiger partial charge in [-0.1, -0.05) is 12.2 Å². The molecule has 134 valence electrons. The predicted molar refractivity (Wildman–Crippen MR) is 93.5 cm³/mol. The molecule has 0 saturated carbocycles. The summed E-state index contributed by atoms with van der Waals surface area (Å²) >= 11 is 0. The summed E-state index contributed by atoms with van der Waals surface area (Å²) in [6.45, 7) is 13.1. The smallest absolute Gasteiger partial charge is 0.237 e. The molecule has 0 bridgehead atoms. The van der Waals surface area contributed by atoms with E-state index in [0.717, 1.165) is 25.9 Å². The molecule has 0 spiro atoms. The third kappa shape index (κ3) is 5.18. The maximum atomic E-state index is 12.5. The Balaban J connectivity index is 1.77. The number of carbonyl (C=O) groups excluding carboxylic acids is 2. The van der Waals surface area contributed by atoms with Crippen molar-refractivity contribution in [3.05, 3.63) is 25.3 Å². The van der Waals surface area contributed by atoms with E-state index in [2.05, 4.69) is 18.1 Å². The molecule has 2 saturated heterocycles. The largest absolute Gasteiger partial charge is 0.378 e. The van der Waals surface area contributed by atoms with E-state index in [9.17, 15) is 9.59 Å². The van der Waals surface area contributed by atoms with Crippen molar-refractivity contribution >= 4 is 11.8 Å². The predicted octanol–water partition coefficient (Wildman–Crippen LogP) is 0.758. The van der Waals surface area contributed by atoms with Crippen molar-refractivity contribution < 1.29 is 14.3 Å². The van der Waals surface area contributed by atoms with Gasteiger partial charge in [0, 0.05) is 32.1 Å². The maximum Gasteiger partial charge on any atom is 0.237 e. The highest BCUT2D eigenvalue weighted by atomic mass is 16.5. The summed E-state index contributed by atoms with van der Waals surface area (Å²) in [7, 11) is 0. The van der Waals surface area contributed by atoms with E-state index >= 15 is 0 Å². The van der Waals surface area contributed by atoms with Gasteiger partial charge >= 0.3 is 0 Å². The van der Waals surface area contributed by atoms with Crippen LogP contribution in [0, 0.1) is 5.92 Å². The third-order valence-corrected chi connectivity index (χ3v) is 4.67. The molecule has 2 heterocycles. The van der Waals surface area contributed by atoms with Crippen LogP contribution in [0.5, 0.6) is 0 Å². The molecule has 6 nitrogen and oxygen atoms in total. The lowest BCUT2D eigenvalue weighted by Crippen LogP contribution is -2.48. The first-order valence-corrected chi connectivity index (χ1v) is 8.74. The minimum atomic E-state index is 0.0897. The molecule has 0 aromatic rings. The number of amides is 2. The normalized spacial score (nSPS) is 19.8. The van der Waals surface area contributed by atoms with Gasteiger partial charge in [-0.2, -0.15) is 0 Å². The van der Waals surface area contributed by atoms with Crippen molar-refractivity contribution in [2.24, 2.45) is 5.92 Å². The zero-order valence-electron chi connectivity index (χ0n) is 14.5. The minimum Gasteiger partial charge on any atom is -0.378 e. The van der Waals surface area contributed by atoms with Gasteiger partial charge in [0.1, 0.15) is 0 Å². The summed E-state index contributed by atoms with van der Waals surface area (Å²) in [5.74, 6) is 0.434. The first-order valence-electron chi connectivity index (χ1n) is 8.74. The number of morpholine rings is 1. The highest BCUT2D eigenvalue weighted by Crippen LogP contribution is 2.20. The Hall–Kier alpha value is -1.66. The van der Waals surface area contributed by atoms with Crippen molar-refractivity contribution in [3.8, 4) is 0 Å². The van der Waals surface area contributed by atoms with Crippen molar-refractivity contribution in [1.82, 2.24) is 14.7 Å². The van der Waals surface area contributed by atoms with Crippen LogP contribution in [0.4, 0.5) is 0 Å². The van der Waals surface area contributed by atoms with Crippen LogP contribution in [0.25, 0.3) is 0 Å². The number of nitrogens with zero attached hydrogens (tertiary/aromatic N) is 3. The van der Waals surface area contributed by atoms with Gasteiger partial charge in [0.25, 0.3) is 0 Å². The Bertz CT molecular complexity index is 442. The number of ether oxygens (including phenoxy) is 1. The molecular weight excluding hydrogens is 306 g/mol. The van der Waals surface area contributed by atoms with Crippen LogP contribution >= 0.6 is 0 Å². The first-order chi connectivity index (χ1) is 11.7. The van der Waals surface area contributed by atoms with Gasteiger partial charge in [-0.05, 0) is 25.9 Å². The average molecular weight is 335 g/mol. The standard InChI is InChI=1S/C18H29N3O3/c1-3-7-20(8-4-2)17(22)15-19-9-5-16(6-10-19)18(23)21-11-13-24-14-12-21/h3-4,16H,1-2,5-15H2. The SMILES string of the molecule is C=CCN(CC=C)C(=O)CN1CCC(C(=O)N2CCOCC2)CC1. The molecule has 0 aliphatic carbocycles. The summed E-state index contributed by atoms with van der Waals surface area (Å²) in [6.07, 6.45) is 5.11. The number of rotatable bonds is 7. The number of likely N-dealkylation sites (tertiary alicyclic amines) is 1. The molecule has 2 amide bonds. The van der Waals surface area contributed by atoms with Crippen molar-refractivity contribution in [2.75, 3.05) is 59.0 Å². The second kappa shape index (κ2) is 9.59. The van der Waals surface area contributed by atoms with Crippen molar-refractivity contribution in [2.45, 2.75) is 12.8 Å². The molecule has 2 aliphatic heterocycles. The highest BCUT2D eigenvalue weighted by Gasteiger charge is 2.30. The van der Waals surface area contributed by atoms with E-state index in [1.807, 2.05) is 4.90 Å². The van der Waals surface area contributed by atoms with Crippen LogP contribution in [-0.4, -0.2) is 85.5 Å². The fraction of sp³-hybridized carbons (Fsp3) is 0.667. The average Bonchev–Trinajstić information content (AvgIpc) is 2.62. The van der Waals surface area contributed by atoms with Crippen LogP contribution in [0.3, 0.4) is 0 Å². The molecule has 0 N–H and O–H groups in total. The second-order valence-corrected chi connectivity index (χ2v) is 6.36. The van der Waals surface area contributed by atoms with Crippen molar-refractivity contribution in [1.29, 1.82) is 0 Å². The van der Waals surface area contributed by atoms with Gasteiger partial charge in [-0.25, -0.2) is 0 Å². The quantitative estimate of drug-likeness (QED) is 0.645. The van der Waals surface area contributed by atoms with Crippen LogP contribution in [0.15, 0.2) is 25.3 Å².